The number of carbonyl (C=O) groups is 1. The van der Waals surface area contributed by atoms with Gasteiger partial charge in [0.2, 0.25) is 0 Å². The van der Waals surface area contributed by atoms with Gasteiger partial charge in [0.1, 0.15) is 30.7 Å². The Labute approximate surface area is 275 Å². The fourth-order valence-corrected chi connectivity index (χ4v) is 11.3. The van der Waals surface area contributed by atoms with Crippen LogP contribution in [0.5, 0.6) is 0 Å². The Balaban J connectivity index is 1.36. The van der Waals surface area contributed by atoms with E-state index in [0.717, 1.165) is 49.7 Å². The van der Waals surface area contributed by atoms with Crippen molar-refractivity contribution in [2.75, 3.05) is 13.2 Å². The first kappa shape index (κ1) is 36.1. The summed E-state index contributed by atoms with van der Waals surface area (Å²) >= 11 is 0. The van der Waals surface area contributed by atoms with E-state index in [0.29, 0.717) is 18.3 Å². The molecule has 0 aromatic heterocycles. The van der Waals surface area contributed by atoms with Crippen molar-refractivity contribution in [2.24, 2.45) is 51.2 Å². The van der Waals surface area contributed by atoms with Crippen LogP contribution in [0.1, 0.15) is 93.4 Å². The Morgan fingerprint density at radius 1 is 0.978 bits per heavy atom. The maximum Gasteiger partial charge on any atom is 0.186 e. The zero-order valence-corrected chi connectivity index (χ0v) is 28.9. The zero-order valence-electron chi connectivity index (χ0n) is 28.9. The predicted molar refractivity (Wildman–Crippen MR) is 173 cm³/mol. The molecule has 0 amide bonds. The van der Waals surface area contributed by atoms with Crippen molar-refractivity contribution in [3.8, 4) is 0 Å². The van der Waals surface area contributed by atoms with Crippen molar-refractivity contribution in [3.05, 3.63) is 23.3 Å². The van der Waals surface area contributed by atoms with Gasteiger partial charge in [-0.15, -0.1) is 0 Å². The number of fused-ring (bicyclic) bond motifs is 5. The number of hydrogen-bond acceptors (Lipinski definition) is 9. The van der Waals surface area contributed by atoms with E-state index in [1.54, 1.807) is 0 Å². The van der Waals surface area contributed by atoms with Crippen LogP contribution in [0.4, 0.5) is 0 Å². The summed E-state index contributed by atoms with van der Waals surface area (Å²) in [5.74, 6) is 0.518. The third-order valence-electron chi connectivity index (χ3n) is 13.9. The highest BCUT2D eigenvalue weighted by molar-refractivity contribution is 5.65. The van der Waals surface area contributed by atoms with Crippen LogP contribution >= 0.6 is 0 Å². The lowest BCUT2D eigenvalue weighted by Gasteiger charge is -2.66. The molecule has 0 aromatic carbocycles. The van der Waals surface area contributed by atoms with E-state index in [-0.39, 0.29) is 35.2 Å². The molecule has 4 aliphatic carbocycles. The van der Waals surface area contributed by atoms with Gasteiger partial charge in [-0.25, -0.2) is 0 Å². The highest BCUT2D eigenvalue weighted by atomic mass is 16.7. The van der Waals surface area contributed by atoms with E-state index in [2.05, 4.69) is 26.8 Å². The van der Waals surface area contributed by atoms with Crippen molar-refractivity contribution < 1.29 is 44.9 Å². The molecule has 4 fully saturated rings. The summed E-state index contributed by atoms with van der Waals surface area (Å²) in [6.45, 7) is 14.9. The lowest BCUT2D eigenvalue weighted by Crippen LogP contribution is -2.64. The zero-order chi connectivity index (χ0) is 34.0. The molecule has 1 saturated heterocycles. The van der Waals surface area contributed by atoms with E-state index in [4.69, 9.17) is 9.47 Å². The van der Waals surface area contributed by atoms with Crippen LogP contribution < -0.4 is 0 Å². The van der Waals surface area contributed by atoms with Crippen LogP contribution in [0, 0.1) is 51.2 Å². The SMILES string of the molecule is CC(C)=C[C@H](CO[C@@H]1O[C@@H](CO)[C@H](O)[C@@H](O)[C@@H]1O)C[C@@H](C)C1CC[C@@]2(C)C3C(O)C=C4C(CCC(O)C4(C)C)C3(C=O)CCC12C. The minimum atomic E-state index is -1.48. The summed E-state index contributed by atoms with van der Waals surface area (Å²) in [4.78, 5) is 13.3. The van der Waals surface area contributed by atoms with Crippen molar-refractivity contribution in [1.29, 1.82) is 0 Å². The van der Waals surface area contributed by atoms with Crippen LogP contribution in [0.15, 0.2) is 23.3 Å². The Hall–Kier alpha value is -1.17. The summed E-state index contributed by atoms with van der Waals surface area (Å²) in [5, 5.41) is 63.3. The molecule has 1 heterocycles. The van der Waals surface area contributed by atoms with Crippen LogP contribution in [0.25, 0.3) is 0 Å². The van der Waals surface area contributed by atoms with Gasteiger partial charge in [0, 0.05) is 22.7 Å². The van der Waals surface area contributed by atoms with Crippen LogP contribution in [-0.4, -0.2) is 93.1 Å². The van der Waals surface area contributed by atoms with Crippen molar-refractivity contribution in [2.45, 2.75) is 136 Å². The number of aliphatic hydroxyl groups excluding tert-OH is 6. The summed E-state index contributed by atoms with van der Waals surface area (Å²) in [7, 11) is 0. The normalized spacial score (nSPS) is 47.9. The molecule has 9 heteroatoms. The average Bonchev–Trinajstić information content (AvgIpc) is 3.27. The number of aliphatic hydroxyl groups is 6. The summed E-state index contributed by atoms with van der Waals surface area (Å²) in [5.41, 5.74) is 0.743. The molecule has 9 nitrogen and oxygen atoms in total. The molecule has 5 aliphatic rings. The second kappa shape index (κ2) is 12.9. The molecule has 6 N–H and O–H groups in total. The minimum absolute atomic E-state index is 0.00198. The second-order valence-corrected chi connectivity index (χ2v) is 16.9. The first-order valence-corrected chi connectivity index (χ1v) is 17.6. The van der Waals surface area contributed by atoms with Crippen molar-refractivity contribution in [1.82, 2.24) is 0 Å². The van der Waals surface area contributed by atoms with Gasteiger partial charge >= 0.3 is 0 Å². The summed E-state index contributed by atoms with van der Waals surface area (Å²) in [6, 6.07) is 0. The highest BCUT2D eigenvalue weighted by Gasteiger charge is 2.70. The molecule has 0 radical (unpaired) electrons. The summed E-state index contributed by atoms with van der Waals surface area (Å²) < 4.78 is 11.6. The second-order valence-electron chi connectivity index (χ2n) is 16.9. The van der Waals surface area contributed by atoms with Gasteiger partial charge in [-0.2, -0.15) is 0 Å². The molecule has 3 saturated carbocycles. The monoisotopic (exact) mass is 648 g/mol. The van der Waals surface area contributed by atoms with E-state index < -0.39 is 60.4 Å². The van der Waals surface area contributed by atoms with Crippen LogP contribution in [0.3, 0.4) is 0 Å². The molecule has 262 valence electrons. The van der Waals surface area contributed by atoms with E-state index in [1.165, 1.54) is 6.29 Å². The summed E-state index contributed by atoms with van der Waals surface area (Å²) in [6.07, 6.45) is 3.44. The number of hydrogen-bond donors (Lipinski definition) is 6. The number of aldehydes is 1. The Bertz CT molecular complexity index is 1180. The van der Waals surface area contributed by atoms with Crippen LogP contribution in [-0.2, 0) is 14.3 Å². The van der Waals surface area contributed by atoms with Crippen LogP contribution in [0.2, 0.25) is 0 Å². The average molecular weight is 649 g/mol. The Morgan fingerprint density at radius 3 is 2.30 bits per heavy atom. The van der Waals surface area contributed by atoms with Gasteiger partial charge in [0.25, 0.3) is 0 Å². The topological polar surface area (TPSA) is 157 Å². The number of rotatable bonds is 9. The highest BCUT2D eigenvalue weighted by Crippen LogP contribution is 2.74. The molecule has 0 spiro atoms. The molecule has 7 unspecified atom stereocenters. The first-order chi connectivity index (χ1) is 21.5. The number of ether oxygens (including phenoxy) is 2. The van der Waals surface area contributed by atoms with Gasteiger partial charge in [-0.05, 0) is 87.4 Å². The predicted octanol–water partition coefficient (Wildman–Crippen LogP) is 3.53. The number of allylic oxidation sites excluding steroid dienone is 1. The van der Waals surface area contributed by atoms with Gasteiger partial charge in [-0.3, -0.25) is 0 Å². The van der Waals surface area contributed by atoms with Crippen molar-refractivity contribution in [3.63, 3.8) is 0 Å². The Kier molecular flexibility index (Phi) is 10.2. The largest absolute Gasteiger partial charge is 0.394 e. The minimum Gasteiger partial charge on any atom is -0.394 e. The molecule has 5 rings (SSSR count). The molecule has 46 heavy (non-hydrogen) atoms. The lowest BCUT2D eigenvalue weighted by atomic mass is 9.38. The molecule has 15 atom stereocenters. The van der Waals surface area contributed by atoms with E-state index in [1.807, 2.05) is 33.8 Å². The lowest BCUT2D eigenvalue weighted by molar-refractivity contribution is -0.302. The quantitative estimate of drug-likeness (QED) is 0.163. The first-order valence-electron chi connectivity index (χ1n) is 17.6. The molecule has 1 aliphatic heterocycles. The smallest absolute Gasteiger partial charge is 0.186 e. The fourth-order valence-electron chi connectivity index (χ4n) is 11.3. The maximum atomic E-state index is 13.3. The molecular formula is C37H60O9. The standard InChI is InChI=1S/C37H60O9/c1-20(2)14-22(18-45-33-31(44)30(43)29(42)27(17-38)46-33)15-21(3)23-10-11-36(7)32-26(40)16-25-24(8-9-28(41)34(25,4)5)37(32,19-39)13-12-35(23,36)6/h14,16,19,21-24,26-33,38,40-44H,8-13,15,17-18H2,1-7H3/t21-,22+,23?,24?,26?,27+,28?,29+,30-,31+,32?,33-,35?,36+,37?/m1/s1. The molecule has 0 bridgehead atoms. The molecular weight excluding hydrogens is 588 g/mol. The number of carbonyl (C=O) groups excluding carboxylic acids is 1. The molecule has 0 aromatic rings. The van der Waals surface area contributed by atoms with Gasteiger partial charge in [0.15, 0.2) is 6.29 Å². The maximum absolute atomic E-state index is 13.3. The third kappa shape index (κ3) is 5.59. The van der Waals surface area contributed by atoms with Gasteiger partial charge < -0.3 is 44.9 Å². The van der Waals surface area contributed by atoms with Gasteiger partial charge in [0.05, 0.1) is 25.4 Å². The van der Waals surface area contributed by atoms with Crippen molar-refractivity contribution >= 4 is 6.29 Å². The Morgan fingerprint density at radius 2 is 1.67 bits per heavy atom. The van der Waals surface area contributed by atoms with E-state index in [9.17, 15) is 35.4 Å². The van der Waals surface area contributed by atoms with Gasteiger partial charge in [-0.1, -0.05) is 57.9 Å². The fraction of sp³-hybridized carbons (Fsp3) is 0.865. The third-order valence-corrected chi connectivity index (χ3v) is 13.9. The van der Waals surface area contributed by atoms with E-state index >= 15 is 0 Å².